The van der Waals surface area contributed by atoms with E-state index in [9.17, 15) is 17.6 Å². The number of anilines is 1. The van der Waals surface area contributed by atoms with Crippen LogP contribution < -0.4 is 4.72 Å². The van der Waals surface area contributed by atoms with Crippen molar-refractivity contribution in [2.45, 2.75) is 24.8 Å². The number of sulfonamides is 1. The molecule has 0 fully saturated rings. The summed E-state index contributed by atoms with van der Waals surface area (Å²) < 4.78 is 40.9. The molecule has 3 aromatic rings. The van der Waals surface area contributed by atoms with E-state index in [1.165, 1.54) is 54.1 Å². The summed E-state index contributed by atoms with van der Waals surface area (Å²) in [5.41, 5.74) is 2.48. The molecule has 156 valence electrons. The molecule has 3 aromatic carbocycles. The Morgan fingerprint density at radius 2 is 1.53 bits per heavy atom. The summed E-state index contributed by atoms with van der Waals surface area (Å²) in [6, 6.07) is 19.2. The lowest BCUT2D eigenvalue weighted by Gasteiger charge is -2.18. The minimum absolute atomic E-state index is 0.0555. The third kappa shape index (κ3) is 5.04. The van der Waals surface area contributed by atoms with Crippen LogP contribution in [0, 0.1) is 5.82 Å². The van der Waals surface area contributed by atoms with Gasteiger partial charge in [0, 0.05) is 19.2 Å². The first-order valence-electron chi connectivity index (χ1n) is 9.51. The lowest BCUT2D eigenvalue weighted by atomic mass is 10.1. The second-order valence-corrected chi connectivity index (χ2v) is 8.62. The highest BCUT2D eigenvalue weighted by Crippen LogP contribution is 2.20. The van der Waals surface area contributed by atoms with Gasteiger partial charge in [-0.1, -0.05) is 43.3 Å². The molecule has 5 nitrogen and oxygen atoms in total. The molecule has 0 aromatic heterocycles. The number of hydrogen-bond donors (Lipinski definition) is 1. The van der Waals surface area contributed by atoms with Crippen LogP contribution in [0.3, 0.4) is 0 Å². The van der Waals surface area contributed by atoms with Crippen LogP contribution in [0.2, 0.25) is 0 Å². The third-order valence-corrected chi connectivity index (χ3v) is 6.11. The van der Waals surface area contributed by atoms with Gasteiger partial charge in [0.2, 0.25) is 0 Å². The van der Waals surface area contributed by atoms with Crippen molar-refractivity contribution in [3.63, 3.8) is 0 Å². The molecular weight excluding hydrogens is 403 g/mol. The SMILES string of the molecule is CCc1ccc(CN(C)C(=O)c2ccc(S(=O)(=O)Nc3ccccc3F)cc2)cc1. The maximum atomic E-state index is 13.7. The average Bonchev–Trinajstić information content (AvgIpc) is 2.75. The predicted molar refractivity (Wildman–Crippen MR) is 115 cm³/mol. The van der Waals surface area contributed by atoms with Crippen LogP contribution in [-0.4, -0.2) is 26.3 Å². The summed E-state index contributed by atoms with van der Waals surface area (Å²) in [6.07, 6.45) is 0.954. The van der Waals surface area contributed by atoms with Crippen LogP contribution in [0.1, 0.15) is 28.4 Å². The van der Waals surface area contributed by atoms with Gasteiger partial charge in [0.1, 0.15) is 5.82 Å². The van der Waals surface area contributed by atoms with Gasteiger partial charge in [0.25, 0.3) is 15.9 Å². The van der Waals surface area contributed by atoms with Gasteiger partial charge < -0.3 is 4.90 Å². The number of hydrogen-bond acceptors (Lipinski definition) is 3. The molecule has 0 aliphatic heterocycles. The van der Waals surface area contributed by atoms with E-state index in [2.05, 4.69) is 11.6 Å². The monoisotopic (exact) mass is 426 g/mol. The maximum absolute atomic E-state index is 13.7. The summed E-state index contributed by atoms with van der Waals surface area (Å²) in [7, 11) is -2.27. The number of nitrogens with one attached hydrogen (secondary N) is 1. The van der Waals surface area contributed by atoms with Crippen molar-refractivity contribution >= 4 is 21.6 Å². The van der Waals surface area contributed by atoms with Crippen molar-refractivity contribution in [2.24, 2.45) is 0 Å². The second kappa shape index (κ2) is 9.09. The van der Waals surface area contributed by atoms with E-state index in [0.29, 0.717) is 12.1 Å². The molecule has 0 heterocycles. The first-order chi connectivity index (χ1) is 14.3. The zero-order valence-corrected chi connectivity index (χ0v) is 17.6. The first kappa shape index (κ1) is 21.5. The predicted octanol–water partition coefficient (Wildman–Crippen LogP) is 4.46. The number of aryl methyl sites for hydroxylation is 1. The molecule has 1 amide bonds. The number of carbonyl (C=O) groups is 1. The molecule has 0 saturated heterocycles. The van der Waals surface area contributed by atoms with Gasteiger partial charge >= 0.3 is 0 Å². The molecular formula is C23H23FN2O3S. The lowest BCUT2D eigenvalue weighted by molar-refractivity contribution is 0.0785. The van der Waals surface area contributed by atoms with E-state index in [0.717, 1.165) is 12.0 Å². The van der Waals surface area contributed by atoms with Crippen molar-refractivity contribution in [1.29, 1.82) is 0 Å². The summed E-state index contributed by atoms with van der Waals surface area (Å²) in [5.74, 6) is -0.887. The lowest BCUT2D eigenvalue weighted by Crippen LogP contribution is -2.26. The molecule has 0 atom stereocenters. The zero-order chi connectivity index (χ0) is 21.7. The second-order valence-electron chi connectivity index (χ2n) is 6.94. The van der Waals surface area contributed by atoms with Crippen LogP contribution in [0.25, 0.3) is 0 Å². The third-order valence-electron chi connectivity index (χ3n) is 4.73. The maximum Gasteiger partial charge on any atom is 0.261 e. The molecule has 1 N–H and O–H groups in total. The van der Waals surface area contributed by atoms with Gasteiger partial charge in [-0.25, -0.2) is 12.8 Å². The molecule has 0 spiro atoms. The first-order valence-corrected chi connectivity index (χ1v) is 11.0. The van der Waals surface area contributed by atoms with Crippen molar-refractivity contribution in [3.8, 4) is 0 Å². The summed E-state index contributed by atoms with van der Waals surface area (Å²) in [6.45, 7) is 2.53. The fourth-order valence-electron chi connectivity index (χ4n) is 2.97. The van der Waals surface area contributed by atoms with Gasteiger partial charge in [-0.05, 0) is 53.9 Å². The van der Waals surface area contributed by atoms with Gasteiger partial charge in [-0.3, -0.25) is 9.52 Å². The van der Waals surface area contributed by atoms with E-state index in [1.54, 1.807) is 11.9 Å². The Labute approximate surface area is 176 Å². The number of carbonyl (C=O) groups excluding carboxylic acids is 1. The van der Waals surface area contributed by atoms with Gasteiger partial charge in [0.15, 0.2) is 0 Å². The Kier molecular flexibility index (Phi) is 6.52. The minimum Gasteiger partial charge on any atom is -0.337 e. The molecule has 0 unspecified atom stereocenters. The summed E-state index contributed by atoms with van der Waals surface area (Å²) in [4.78, 5) is 14.2. The highest BCUT2D eigenvalue weighted by atomic mass is 32.2. The van der Waals surface area contributed by atoms with E-state index >= 15 is 0 Å². The van der Waals surface area contributed by atoms with Crippen LogP contribution >= 0.6 is 0 Å². The Morgan fingerprint density at radius 3 is 2.13 bits per heavy atom. The highest BCUT2D eigenvalue weighted by molar-refractivity contribution is 7.92. The average molecular weight is 427 g/mol. The molecule has 3 rings (SSSR count). The molecule has 0 aliphatic rings. The topological polar surface area (TPSA) is 66.5 Å². The van der Waals surface area contributed by atoms with Crippen LogP contribution in [-0.2, 0) is 23.0 Å². The number of benzene rings is 3. The smallest absolute Gasteiger partial charge is 0.261 e. The van der Waals surface area contributed by atoms with Gasteiger partial charge in [-0.15, -0.1) is 0 Å². The number of para-hydroxylation sites is 1. The number of rotatable bonds is 7. The van der Waals surface area contributed by atoms with Gasteiger partial charge in [-0.2, -0.15) is 0 Å². The quantitative estimate of drug-likeness (QED) is 0.607. The van der Waals surface area contributed by atoms with E-state index in [4.69, 9.17) is 0 Å². The zero-order valence-electron chi connectivity index (χ0n) is 16.8. The highest BCUT2D eigenvalue weighted by Gasteiger charge is 2.18. The molecule has 0 saturated carbocycles. The van der Waals surface area contributed by atoms with Crippen molar-refractivity contribution in [1.82, 2.24) is 4.90 Å². The van der Waals surface area contributed by atoms with E-state index < -0.39 is 15.8 Å². The summed E-state index contributed by atoms with van der Waals surface area (Å²) in [5, 5.41) is 0. The van der Waals surface area contributed by atoms with Crippen LogP contribution in [0.5, 0.6) is 0 Å². The Bertz CT molecular complexity index is 1130. The Hall–Kier alpha value is -3.19. The molecule has 7 heteroatoms. The molecule has 0 radical (unpaired) electrons. The Morgan fingerprint density at radius 1 is 0.933 bits per heavy atom. The van der Waals surface area contributed by atoms with Crippen LogP contribution in [0.15, 0.2) is 77.7 Å². The molecule has 30 heavy (non-hydrogen) atoms. The Balaban J connectivity index is 1.70. The number of halogens is 1. The van der Waals surface area contributed by atoms with E-state index in [1.807, 2.05) is 24.3 Å². The number of nitrogens with zero attached hydrogens (tertiary/aromatic N) is 1. The largest absolute Gasteiger partial charge is 0.337 e. The molecule has 0 aliphatic carbocycles. The number of amides is 1. The standard InChI is InChI=1S/C23H23FN2O3S/c1-3-17-8-10-18(11-9-17)16-26(2)23(27)19-12-14-20(15-13-19)30(28,29)25-22-7-5-4-6-21(22)24/h4-15,25H,3,16H2,1-2H3. The molecule has 0 bridgehead atoms. The van der Waals surface area contributed by atoms with Crippen molar-refractivity contribution in [2.75, 3.05) is 11.8 Å². The minimum atomic E-state index is -3.97. The van der Waals surface area contributed by atoms with Crippen LogP contribution in [0.4, 0.5) is 10.1 Å². The van der Waals surface area contributed by atoms with Crippen molar-refractivity contribution < 1.29 is 17.6 Å². The van der Waals surface area contributed by atoms with Gasteiger partial charge in [0.05, 0.1) is 10.6 Å². The summed E-state index contributed by atoms with van der Waals surface area (Å²) >= 11 is 0. The normalized spacial score (nSPS) is 11.2. The fourth-order valence-corrected chi connectivity index (χ4v) is 4.04. The van der Waals surface area contributed by atoms with Crippen molar-refractivity contribution in [3.05, 3.63) is 95.3 Å². The fraction of sp³-hybridized carbons (Fsp3) is 0.174. The van der Waals surface area contributed by atoms with E-state index in [-0.39, 0.29) is 16.5 Å².